The third kappa shape index (κ3) is 1.91. The summed E-state index contributed by atoms with van der Waals surface area (Å²) >= 11 is 1.40. The lowest BCUT2D eigenvalue weighted by Crippen LogP contribution is -2.15. The normalized spacial score (nSPS) is 12.3. The van der Waals surface area contributed by atoms with Crippen LogP contribution < -0.4 is 0 Å². The van der Waals surface area contributed by atoms with Gasteiger partial charge in [0.1, 0.15) is 0 Å². The molecule has 1 heterocycles. The predicted octanol–water partition coefficient (Wildman–Crippen LogP) is 1.89. The van der Waals surface area contributed by atoms with Gasteiger partial charge in [0.05, 0.1) is 10.8 Å². The van der Waals surface area contributed by atoms with Gasteiger partial charge in [0.15, 0.2) is 14.9 Å². The van der Waals surface area contributed by atoms with Crippen molar-refractivity contribution in [3.63, 3.8) is 0 Å². The number of nitrogens with zero attached hydrogens (tertiary/aromatic N) is 1. The summed E-state index contributed by atoms with van der Waals surface area (Å²) in [5, 5.41) is -0.116. The second-order valence-corrected chi connectivity index (χ2v) is 6.39. The molecule has 0 aliphatic heterocycles. The van der Waals surface area contributed by atoms with Gasteiger partial charge in [-0.2, -0.15) is 0 Å². The van der Waals surface area contributed by atoms with Crippen LogP contribution in [0.4, 0.5) is 0 Å². The van der Waals surface area contributed by atoms with E-state index in [0.717, 1.165) is 11.3 Å². The molecule has 0 bridgehead atoms. The fourth-order valence-electron chi connectivity index (χ4n) is 0.950. The van der Waals surface area contributed by atoms with Crippen molar-refractivity contribution in [1.82, 2.24) is 4.98 Å². The Hall–Kier alpha value is -0.420. The maximum Gasteiger partial charge on any atom is 0.199 e. The standard InChI is InChI=1S/C8H13NO2S2/c1-4-7-8(9-5-12-7)13(10,11)6(2)3/h5-6H,4H2,1-3H3. The molecule has 74 valence electrons. The first kappa shape index (κ1) is 10.7. The molecule has 0 saturated carbocycles. The Bertz CT molecular complexity index is 379. The maximum absolute atomic E-state index is 11.7. The highest BCUT2D eigenvalue weighted by atomic mass is 32.2. The van der Waals surface area contributed by atoms with Gasteiger partial charge in [0.2, 0.25) is 0 Å². The first-order chi connectivity index (χ1) is 6.00. The lowest BCUT2D eigenvalue weighted by Gasteiger charge is -2.05. The van der Waals surface area contributed by atoms with Crippen LogP contribution in [0, 0.1) is 0 Å². The van der Waals surface area contributed by atoms with Crippen LogP contribution in [0.5, 0.6) is 0 Å². The minimum absolute atomic E-state index is 0.273. The maximum atomic E-state index is 11.7. The Morgan fingerprint density at radius 3 is 2.62 bits per heavy atom. The van der Waals surface area contributed by atoms with Gasteiger partial charge < -0.3 is 0 Å². The Kier molecular flexibility index (Phi) is 3.08. The van der Waals surface area contributed by atoms with E-state index >= 15 is 0 Å². The Balaban J connectivity index is 3.22. The number of rotatable bonds is 3. The Morgan fingerprint density at radius 2 is 2.15 bits per heavy atom. The zero-order valence-electron chi connectivity index (χ0n) is 7.94. The van der Waals surface area contributed by atoms with Gasteiger partial charge >= 0.3 is 0 Å². The lowest BCUT2D eigenvalue weighted by molar-refractivity contribution is 0.583. The zero-order chi connectivity index (χ0) is 10.1. The van der Waals surface area contributed by atoms with Crippen molar-refractivity contribution >= 4 is 21.2 Å². The van der Waals surface area contributed by atoms with Crippen molar-refractivity contribution in [3.8, 4) is 0 Å². The van der Waals surface area contributed by atoms with Crippen molar-refractivity contribution in [2.75, 3.05) is 0 Å². The van der Waals surface area contributed by atoms with Crippen LogP contribution in [-0.2, 0) is 16.3 Å². The number of thiazole rings is 1. The summed E-state index contributed by atoms with van der Waals surface area (Å²) in [7, 11) is -3.18. The second kappa shape index (κ2) is 3.75. The zero-order valence-corrected chi connectivity index (χ0v) is 9.58. The minimum Gasteiger partial charge on any atom is -0.233 e. The summed E-state index contributed by atoms with van der Waals surface area (Å²) in [6.45, 7) is 5.29. The highest BCUT2D eigenvalue weighted by Gasteiger charge is 2.24. The molecule has 5 heteroatoms. The summed E-state index contributed by atoms with van der Waals surface area (Å²) in [5.74, 6) is 0. The van der Waals surface area contributed by atoms with Crippen molar-refractivity contribution in [1.29, 1.82) is 0 Å². The quantitative estimate of drug-likeness (QED) is 0.780. The SMILES string of the molecule is CCc1scnc1S(=O)(=O)C(C)C. The van der Waals surface area contributed by atoms with Gasteiger partial charge in [-0.25, -0.2) is 13.4 Å². The summed E-state index contributed by atoms with van der Waals surface area (Å²) in [6.07, 6.45) is 0.728. The van der Waals surface area contributed by atoms with E-state index in [9.17, 15) is 8.42 Å². The molecule has 0 atom stereocenters. The number of aromatic nitrogens is 1. The van der Waals surface area contributed by atoms with Crippen molar-refractivity contribution in [2.45, 2.75) is 37.5 Å². The molecule has 0 N–H and O–H groups in total. The van der Waals surface area contributed by atoms with Crippen LogP contribution >= 0.6 is 11.3 Å². The van der Waals surface area contributed by atoms with Gasteiger partial charge in [-0.15, -0.1) is 11.3 Å². The summed E-state index contributed by atoms with van der Waals surface area (Å²) in [6, 6.07) is 0. The van der Waals surface area contributed by atoms with Crippen LogP contribution in [0.1, 0.15) is 25.6 Å². The number of hydrogen-bond acceptors (Lipinski definition) is 4. The van der Waals surface area contributed by atoms with Crippen LogP contribution in [0.2, 0.25) is 0 Å². The fourth-order valence-corrected chi connectivity index (χ4v) is 3.22. The average Bonchev–Trinajstić information content (AvgIpc) is 2.51. The predicted molar refractivity (Wildman–Crippen MR) is 53.8 cm³/mol. The molecule has 0 aliphatic carbocycles. The van der Waals surface area contributed by atoms with E-state index in [1.165, 1.54) is 11.3 Å². The Labute approximate surface area is 82.7 Å². The number of aryl methyl sites for hydroxylation is 1. The molecule has 0 saturated heterocycles. The molecule has 1 aromatic heterocycles. The van der Waals surface area contributed by atoms with E-state index in [1.807, 2.05) is 6.92 Å². The van der Waals surface area contributed by atoms with E-state index in [1.54, 1.807) is 19.4 Å². The molecule has 0 radical (unpaired) electrons. The summed E-state index contributed by atoms with van der Waals surface area (Å²) in [5.41, 5.74) is 1.59. The first-order valence-electron chi connectivity index (χ1n) is 4.16. The lowest BCUT2D eigenvalue weighted by atomic mass is 10.4. The largest absolute Gasteiger partial charge is 0.233 e. The third-order valence-corrected chi connectivity index (χ3v) is 5.05. The van der Waals surface area contributed by atoms with Gasteiger partial charge in [-0.05, 0) is 20.3 Å². The van der Waals surface area contributed by atoms with Gasteiger partial charge in [0.25, 0.3) is 0 Å². The number of sulfone groups is 1. The van der Waals surface area contributed by atoms with Gasteiger partial charge in [-0.1, -0.05) is 6.92 Å². The van der Waals surface area contributed by atoms with Crippen molar-refractivity contribution in [3.05, 3.63) is 10.4 Å². The molecule has 0 aliphatic rings. The summed E-state index contributed by atoms with van der Waals surface area (Å²) in [4.78, 5) is 4.77. The van der Waals surface area contributed by atoms with E-state index in [4.69, 9.17) is 0 Å². The van der Waals surface area contributed by atoms with Crippen molar-refractivity contribution < 1.29 is 8.42 Å². The van der Waals surface area contributed by atoms with Gasteiger partial charge in [0, 0.05) is 4.88 Å². The highest BCUT2D eigenvalue weighted by Crippen LogP contribution is 2.22. The minimum atomic E-state index is -3.18. The molecular formula is C8H13NO2S2. The third-order valence-electron chi connectivity index (χ3n) is 1.81. The van der Waals surface area contributed by atoms with Crippen LogP contribution in [0.3, 0.4) is 0 Å². The molecule has 0 aromatic carbocycles. The second-order valence-electron chi connectivity index (χ2n) is 3.03. The van der Waals surface area contributed by atoms with E-state index in [2.05, 4.69) is 4.98 Å². The van der Waals surface area contributed by atoms with Crippen molar-refractivity contribution in [2.24, 2.45) is 0 Å². The molecule has 0 spiro atoms. The Morgan fingerprint density at radius 1 is 1.54 bits per heavy atom. The average molecular weight is 219 g/mol. The molecule has 13 heavy (non-hydrogen) atoms. The van der Waals surface area contributed by atoms with Gasteiger partial charge in [-0.3, -0.25) is 0 Å². The fraction of sp³-hybridized carbons (Fsp3) is 0.625. The number of hydrogen-bond donors (Lipinski definition) is 0. The molecule has 0 fully saturated rings. The topological polar surface area (TPSA) is 47.0 Å². The molecule has 1 rings (SSSR count). The molecular weight excluding hydrogens is 206 g/mol. The molecule has 0 unspecified atom stereocenters. The summed E-state index contributed by atoms with van der Waals surface area (Å²) < 4.78 is 23.4. The van der Waals surface area contributed by atoms with E-state index in [-0.39, 0.29) is 10.3 Å². The molecule has 3 nitrogen and oxygen atoms in total. The van der Waals surface area contributed by atoms with Crippen LogP contribution in [0.15, 0.2) is 10.5 Å². The smallest absolute Gasteiger partial charge is 0.199 e. The molecule has 1 aromatic rings. The first-order valence-corrected chi connectivity index (χ1v) is 6.59. The van der Waals surface area contributed by atoms with E-state index < -0.39 is 9.84 Å². The van der Waals surface area contributed by atoms with E-state index in [0.29, 0.717) is 0 Å². The molecule has 0 amide bonds. The van der Waals surface area contributed by atoms with Crippen LogP contribution in [-0.4, -0.2) is 18.7 Å². The van der Waals surface area contributed by atoms with Crippen LogP contribution in [0.25, 0.3) is 0 Å². The monoisotopic (exact) mass is 219 g/mol. The highest BCUT2D eigenvalue weighted by molar-refractivity contribution is 7.92.